The normalized spacial score (nSPS) is 36.3. The monoisotopic (exact) mass is 174 g/mol. The molecule has 4 heteroatoms. The second kappa shape index (κ2) is 3.87. The molecule has 0 amide bonds. The number of aliphatic hydroxyl groups is 1. The molecule has 12 heavy (non-hydrogen) atoms. The average molecular weight is 174 g/mol. The highest BCUT2D eigenvalue weighted by Crippen LogP contribution is 2.21. The van der Waals surface area contributed by atoms with Crippen LogP contribution in [0.1, 0.15) is 26.2 Å². The second-order valence-electron chi connectivity index (χ2n) is 3.12. The van der Waals surface area contributed by atoms with Gasteiger partial charge in [0, 0.05) is 6.42 Å². The molecule has 1 heterocycles. The van der Waals surface area contributed by atoms with E-state index < -0.39 is 18.2 Å². The van der Waals surface area contributed by atoms with Crippen LogP contribution in [0.4, 0.5) is 0 Å². The van der Waals surface area contributed by atoms with E-state index in [1.165, 1.54) is 0 Å². The number of ether oxygens (including phenoxy) is 1. The summed E-state index contributed by atoms with van der Waals surface area (Å²) in [6.45, 7) is 1.92. The van der Waals surface area contributed by atoms with Crippen molar-refractivity contribution in [2.24, 2.45) is 0 Å². The van der Waals surface area contributed by atoms with Gasteiger partial charge in [0.1, 0.15) is 0 Å². The zero-order valence-electron chi connectivity index (χ0n) is 7.06. The van der Waals surface area contributed by atoms with E-state index in [0.717, 1.165) is 6.42 Å². The summed E-state index contributed by atoms with van der Waals surface area (Å²) in [7, 11) is 0. The minimum Gasteiger partial charge on any atom is -0.479 e. The summed E-state index contributed by atoms with van der Waals surface area (Å²) in [5, 5.41) is 17.9. The average Bonchev–Trinajstić information content (AvgIpc) is 2.03. The van der Waals surface area contributed by atoms with Crippen molar-refractivity contribution in [2.75, 3.05) is 0 Å². The van der Waals surface area contributed by atoms with E-state index in [0.29, 0.717) is 6.42 Å². The Morgan fingerprint density at radius 1 is 1.58 bits per heavy atom. The smallest absolute Gasteiger partial charge is 0.332 e. The van der Waals surface area contributed by atoms with Gasteiger partial charge in [-0.2, -0.15) is 0 Å². The summed E-state index contributed by atoms with van der Waals surface area (Å²) in [4.78, 5) is 10.5. The predicted octanol–water partition coefficient (Wildman–Crippen LogP) is 0.389. The number of hydrogen-bond acceptors (Lipinski definition) is 3. The van der Waals surface area contributed by atoms with Crippen LogP contribution >= 0.6 is 0 Å². The van der Waals surface area contributed by atoms with Crippen LogP contribution in [0.25, 0.3) is 0 Å². The quantitative estimate of drug-likeness (QED) is 0.635. The van der Waals surface area contributed by atoms with E-state index in [1.807, 2.05) is 6.92 Å². The third-order valence-electron chi connectivity index (χ3n) is 2.11. The first-order chi connectivity index (χ1) is 5.63. The molecule has 2 N–H and O–H groups in total. The lowest BCUT2D eigenvalue weighted by molar-refractivity contribution is -0.166. The van der Waals surface area contributed by atoms with Crippen molar-refractivity contribution in [2.45, 2.75) is 44.5 Å². The van der Waals surface area contributed by atoms with Gasteiger partial charge >= 0.3 is 5.97 Å². The zero-order chi connectivity index (χ0) is 9.14. The van der Waals surface area contributed by atoms with Crippen LogP contribution < -0.4 is 0 Å². The number of carbonyl (C=O) groups is 1. The topological polar surface area (TPSA) is 66.8 Å². The molecule has 0 radical (unpaired) electrons. The lowest BCUT2D eigenvalue weighted by Crippen LogP contribution is -2.39. The predicted molar refractivity (Wildman–Crippen MR) is 41.8 cm³/mol. The fourth-order valence-electron chi connectivity index (χ4n) is 1.41. The molecular weight excluding hydrogens is 160 g/mol. The van der Waals surface area contributed by atoms with Crippen molar-refractivity contribution in [1.82, 2.24) is 0 Å². The number of hydrogen-bond donors (Lipinski definition) is 2. The van der Waals surface area contributed by atoms with Crippen molar-refractivity contribution in [3.8, 4) is 0 Å². The first kappa shape index (κ1) is 9.48. The first-order valence-corrected chi connectivity index (χ1v) is 4.19. The Balaban J connectivity index is 2.51. The van der Waals surface area contributed by atoms with Gasteiger partial charge in [0.05, 0.1) is 12.2 Å². The number of carboxylic acid groups (broad SMARTS) is 1. The lowest BCUT2D eigenvalue weighted by Gasteiger charge is -2.30. The van der Waals surface area contributed by atoms with Crippen molar-refractivity contribution >= 4 is 5.97 Å². The molecule has 4 nitrogen and oxygen atoms in total. The molecule has 0 aromatic rings. The first-order valence-electron chi connectivity index (χ1n) is 4.19. The molecule has 1 aliphatic rings. The van der Waals surface area contributed by atoms with Gasteiger partial charge in [0.15, 0.2) is 6.10 Å². The highest BCUT2D eigenvalue weighted by atomic mass is 16.5. The third kappa shape index (κ3) is 2.19. The molecule has 3 atom stereocenters. The van der Waals surface area contributed by atoms with Crippen LogP contribution in [-0.2, 0) is 9.53 Å². The highest BCUT2D eigenvalue weighted by molar-refractivity contribution is 5.72. The Kier molecular flexibility index (Phi) is 3.05. The summed E-state index contributed by atoms with van der Waals surface area (Å²) in [5.74, 6) is -0.979. The van der Waals surface area contributed by atoms with Gasteiger partial charge in [-0.25, -0.2) is 4.79 Å². The molecule has 0 aromatic heterocycles. The Bertz CT molecular complexity index is 168. The second-order valence-corrected chi connectivity index (χ2v) is 3.12. The minimum atomic E-state index is -0.979. The molecule has 0 spiro atoms. The molecular formula is C8H14O4. The van der Waals surface area contributed by atoms with Gasteiger partial charge in [-0.15, -0.1) is 0 Å². The molecule has 0 saturated carbocycles. The molecule has 3 unspecified atom stereocenters. The van der Waals surface area contributed by atoms with E-state index in [2.05, 4.69) is 0 Å². The van der Waals surface area contributed by atoms with Crippen molar-refractivity contribution in [1.29, 1.82) is 0 Å². The number of carboxylic acids is 1. The number of rotatable bonds is 2. The number of aliphatic carboxylic acids is 1. The minimum absolute atomic E-state index is 0.102. The van der Waals surface area contributed by atoms with Crippen LogP contribution in [0.3, 0.4) is 0 Å². The Morgan fingerprint density at radius 3 is 2.75 bits per heavy atom. The molecule has 1 aliphatic heterocycles. The SMILES string of the molecule is CCC1CC(O)CC(C(=O)O)O1. The Labute approximate surface area is 71.2 Å². The maximum Gasteiger partial charge on any atom is 0.332 e. The molecule has 70 valence electrons. The van der Waals surface area contributed by atoms with Crippen molar-refractivity contribution in [3.63, 3.8) is 0 Å². The lowest BCUT2D eigenvalue weighted by atomic mass is 10.00. The summed E-state index contributed by atoms with van der Waals surface area (Å²) in [6, 6.07) is 0. The zero-order valence-corrected chi connectivity index (χ0v) is 7.06. The van der Waals surface area contributed by atoms with Gasteiger partial charge in [-0.3, -0.25) is 0 Å². The Hall–Kier alpha value is -0.610. The van der Waals surface area contributed by atoms with E-state index in [9.17, 15) is 9.90 Å². The van der Waals surface area contributed by atoms with Crippen LogP contribution in [0, 0.1) is 0 Å². The van der Waals surface area contributed by atoms with E-state index >= 15 is 0 Å². The largest absolute Gasteiger partial charge is 0.479 e. The molecule has 0 aliphatic carbocycles. The summed E-state index contributed by atoms with van der Waals surface area (Å²) in [5.41, 5.74) is 0. The fraction of sp³-hybridized carbons (Fsp3) is 0.875. The maximum absolute atomic E-state index is 10.5. The van der Waals surface area contributed by atoms with Gasteiger partial charge in [-0.1, -0.05) is 6.92 Å². The van der Waals surface area contributed by atoms with Crippen LogP contribution in [0.5, 0.6) is 0 Å². The summed E-state index contributed by atoms with van der Waals surface area (Å²) in [6.07, 6.45) is 0.0748. The number of aliphatic hydroxyl groups excluding tert-OH is 1. The van der Waals surface area contributed by atoms with E-state index in [-0.39, 0.29) is 12.5 Å². The van der Waals surface area contributed by atoms with E-state index in [1.54, 1.807) is 0 Å². The van der Waals surface area contributed by atoms with Gasteiger partial charge in [0.2, 0.25) is 0 Å². The third-order valence-corrected chi connectivity index (χ3v) is 2.11. The molecule has 1 saturated heterocycles. The fourth-order valence-corrected chi connectivity index (χ4v) is 1.41. The van der Waals surface area contributed by atoms with Crippen molar-refractivity contribution < 1.29 is 19.7 Å². The molecule has 1 fully saturated rings. The standard InChI is InChI=1S/C8H14O4/c1-2-6-3-5(9)4-7(12-6)8(10)11/h5-7,9H,2-4H2,1H3,(H,10,11). The van der Waals surface area contributed by atoms with Crippen LogP contribution in [0.2, 0.25) is 0 Å². The van der Waals surface area contributed by atoms with Crippen LogP contribution in [0.15, 0.2) is 0 Å². The molecule has 1 rings (SSSR count). The Morgan fingerprint density at radius 2 is 2.25 bits per heavy atom. The maximum atomic E-state index is 10.5. The molecule has 0 aromatic carbocycles. The molecule has 0 bridgehead atoms. The van der Waals surface area contributed by atoms with Gasteiger partial charge in [0.25, 0.3) is 0 Å². The van der Waals surface area contributed by atoms with Crippen LogP contribution in [-0.4, -0.2) is 34.5 Å². The summed E-state index contributed by atoms with van der Waals surface area (Å²) >= 11 is 0. The highest BCUT2D eigenvalue weighted by Gasteiger charge is 2.31. The van der Waals surface area contributed by atoms with Gasteiger partial charge < -0.3 is 14.9 Å². The van der Waals surface area contributed by atoms with Gasteiger partial charge in [-0.05, 0) is 12.8 Å². The van der Waals surface area contributed by atoms with E-state index in [4.69, 9.17) is 9.84 Å². The van der Waals surface area contributed by atoms with Crippen molar-refractivity contribution in [3.05, 3.63) is 0 Å². The summed E-state index contributed by atoms with van der Waals surface area (Å²) < 4.78 is 5.21.